The zero-order valence-corrected chi connectivity index (χ0v) is 11.5. The Morgan fingerprint density at radius 1 is 1.19 bits per heavy atom. The van der Waals surface area contributed by atoms with Crippen molar-refractivity contribution in [1.29, 1.82) is 0 Å². The Kier molecular flexibility index (Phi) is 7.73. The number of rotatable bonds is 4. The summed E-state index contributed by atoms with van der Waals surface area (Å²) in [5.41, 5.74) is 6.57. The van der Waals surface area contributed by atoms with Crippen molar-refractivity contribution in [3.8, 4) is 0 Å². The third kappa shape index (κ3) is 3.95. The molecule has 0 radical (unpaired) electrons. The van der Waals surface area contributed by atoms with Gasteiger partial charge in [0.25, 0.3) is 0 Å². The Labute approximate surface area is 116 Å². The van der Waals surface area contributed by atoms with E-state index in [4.69, 9.17) is 45.6 Å². The van der Waals surface area contributed by atoms with Crippen LogP contribution in [0.25, 0.3) is 0 Å². The smallest absolute Gasteiger partial charge is 0.0654 e. The highest BCUT2D eigenvalue weighted by Crippen LogP contribution is 2.36. The Bertz CT molecular complexity index is 346. The van der Waals surface area contributed by atoms with Gasteiger partial charge in [-0.2, -0.15) is 0 Å². The minimum atomic E-state index is -0.296. The highest BCUT2D eigenvalue weighted by Gasteiger charge is 2.16. The van der Waals surface area contributed by atoms with Gasteiger partial charge in [-0.3, -0.25) is 0 Å². The maximum Gasteiger partial charge on any atom is 0.0654 e. The molecule has 0 aromatic heterocycles. The van der Waals surface area contributed by atoms with Gasteiger partial charge in [-0.25, -0.2) is 0 Å². The predicted molar refractivity (Wildman–Crippen MR) is 72.0 cm³/mol. The molecule has 1 rings (SSSR count). The van der Waals surface area contributed by atoms with Crippen LogP contribution in [0.5, 0.6) is 0 Å². The number of hydrogen-bond donors (Lipinski definition) is 2. The maximum atomic E-state index is 8.71. The van der Waals surface area contributed by atoms with E-state index in [0.29, 0.717) is 33.5 Å². The van der Waals surface area contributed by atoms with Crippen molar-refractivity contribution in [3.05, 3.63) is 32.8 Å². The van der Waals surface area contributed by atoms with E-state index < -0.39 is 0 Å². The number of hydrogen-bond acceptors (Lipinski definition) is 2. The molecule has 0 saturated heterocycles. The first-order chi connectivity index (χ1) is 7.07. The number of aliphatic hydroxyl groups is 1. The molecule has 92 valence electrons. The van der Waals surface area contributed by atoms with E-state index in [1.807, 2.05) is 0 Å². The molecule has 1 aromatic rings. The lowest BCUT2D eigenvalue weighted by molar-refractivity contribution is 0.280. The highest BCUT2D eigenvalue weighted by molar-refractivity contribution is 6.44. The van der Waals surface area contributed by atoms with E-state index in [0.717, 1.165) is 0 Å². The molecule has 0 saturated carbocycles. The van der Waals surface area contributed by atoms with Crippen molar-refractivity contribution in [1.82, 2.24) is 0 Å². The van der Waals surface area contributed by atoms with Gasteiger partial charge < -0.3 is 10.8 Å². The van der Waals surface area contributed by atoms with Gasteiger partial charge in [0, 0.05) is 23.2 Å². The van der Waals surface area contributed by atoms with Gasteiger partial charge in [0.05, 0.1) is 10.0 Å². The molecule has 0 heterocycles. The third-order valence-electron chi connectivity index (χ3n) is 2.12. The summed E-state index contributed by atoms with van der Waals surface area (Å²) in [6, 6.07) is 3.01. The van der Waals surface area contributed by atoms with Crippen molar-refractivity contribution in [2.75, 3.05) is 6.61 Å². The Hall–Kier alpha value is 0.300. The first-order valence-electron chi connectivity index (χ1n) is 4.57. The van der Waals surface area contributed by atoms with Gasteiger partial charge in [0.15, 0.2) is 0 Å². The summed E-state index contributed by atoms with van der Waals surface area (Å²) in [6.07, 6.45) is 1.23. The molecule has 2 nitrogen and oxygen atoms in total. The van der Waals surface area contributed by atoms with Crippen LogP contribution >= 0.6 is 47.2 Å². The van der Waals surface area contributed by atoms with Crippen LogP contribution < -0.4 is 5.73 Å². The van der Waals surface area contributed by atoms with Gasteiger partial charge in [-0.15, -0.1) is 12.4 Å². The topological polar surface area (TPSA) is 46.2 Å². The molecule has 0 amide bonds. The van der Waals surface area contributed by atoms with E-state index in [-0.39, 0.29) is 25.1 Å². The fraction of sp³-hybridized carbons (Fsp3) is 0.400. The van der Waals surface area contributed by atoms with Crippen LogP contribution in [0.2, 0.25) is 15.1 Å². The highest BCUT2D eigenvalue weighted by atomic mass is 35.5. The van der Waals surface area contributed by atoms with Crippen LogP contribution in [0.3, 0.4) is 0 Å². The van der Waals surface area contributed by atoms with Gasteiger partial charge in [-0.05, 0) is 25.0 Å². The van der Waals surface area contributed by atoms with E-state index in [2.05, 4.69) is 0 Å². The predicted octanol–water partition coefficient (Wildman–Crippen LogP) is 3.84. The number of benzene rings is 1. The minimum absolute atomic E-state index is 0. The molecule has 1 atom stereocenters. The number of halogens is 4. The monoisotopic (exact) mass is 303 g/mol. The van der Waals surface area contributed by atoms with Crippen LogP contribution in [0.15, 0.2) is 12.1 Å². The van der Waals surface area contributed by atoms with E-state index in [1.54, 1.807) is 12.1 Å². The third-order valence-corrected chi connectivity index (χ3v) is 3.27. The molecular formula is C10H13Cl4NO. The molecule has 6 heteroatoms. The Morgan fingerprint density at radius 3 is 2.31 bits per heavy atom. The maximum absolute atomic E-state index is 8.71. The zero-order valence-electron chi connectivity index (χ0n) is 8.42. The minimum Gasteiger partial charge on any atom is -0.396 e. The van der Waals surface area contributed by atoms with Crippen LogP contribution in [-0.2, 0) is 0 Å². The fourth-order valence-electron chi connectivity index (χ4n) is 1.34. The molecule has 0 unspecified atom stereocenters. The number of aliphatic hydroxyl groups excluding tert-OH is 1. The second-order valence-corrected chi connectivity index (χ2v) is 4.42. The molecule has 1 aromatic carbocycles. The van der Waals surface area contributed by atoms with Crippen molar-refractivity contribution in [2.24, 2.45) is 5.73 Å². The summed E-state index contributed by atoms with van der Waals surface area (Å²) in [5.74, 6) is 0. The SMILES string of the molecule is Cl.N[C@@H](CCCO)c1c(Cl)ccc(Cl)c1Cl. The summed E-state index contributed by atoms with van der Waals surface area (Å²) in [5, 5.41) is 10.1. The lowest BCUT2D eigenvalue weighted by Crippen LogP contribution is -2.12. The summed E-state index contributed by atoms with van der Waals surface area (Å²) in [7, 11) is 0. The normalized spacial score (nSPS) is 12.1. The second-order valence-electron chi connectivity index (χ2n) is 3.23. The molecular weight excluding hydrogens is 292 g/mol. The van der Waals surface area contributed by atoms with E-state index >= 15 is 0 Å². The van der Waals surface area contributed by atoms with Gasteiger partial charge in [0.2, 0.25) is 0 Å². The quantitative estimate of drug-likeness (QED) is 0.830. The van der Waals surface area contributed by atoms with Crippen LogP contribution in [0, 0.1) is 0 Å². The first-order valence-corrected chi connectivity index (χ1v) is 5.71. The molecule has 0 spiro atoms. The lowest BCUT2D eigenvalue weighted by Gasteiger charge is -2.15. The first kappa shape index (κ1) is 16.3. The van der Waals surface area contributed by atoms with E-state index in [1.165, 1.54) is 0 Å². The molecule has 0 bridgehead atoms. The van der Waals surface area contributed by atoms with E-state index in [9.17, 15) is 0 Å². The van der Waals surface area contributed by atoms with Gasteiger partial charge in [-0.1, -0.05) is 34.8 Å². The second kappa shape index (κ2) is 7.59. The fourth-order valence-corrected chi connectivity index (χ4v) is 2.15. The molecule has 3 N–H and O–H groups in total. The molecule has 0 aliphatic heterocycles. The molecule has 0 aliphatic rings. The molecule has 16 heavy (non-hydrogen) atoms. The van der Waals surface area contributed by atoms with Gasteiger partial charge >= 0.3 is 0 Å². The van der Waals surface area contributed by atoms with Crippen LogP contribution in [0.4, 0.5) is 0 Å². The lowest BCUT2D eigenvalue weighted by atomic mass is 10.0. The number of nitrogens with two attached hydrogens (primary N) is 1. The summed E-state index contributed by atoms with van der Waals surface area (Å²) < 4.78 is 0. The summed E-state index contributed by atoms with van der Waals surface area (Å²) >= 11 is 17.9. The van der Waals surface area contributed by atoms with Crippen molar-refractivity contribution in [2.45, 2.75) is 18.9 Å². The molecule has 0 fully saturated rings. The van der Waals surface area contributed by atoms with Crippen molar-refractivity contribution < 1.29 is 5.11 Å². The van der Waals surface area contributed by atoms with Crippen molar-refractivity contribution >= 4 is 47.2 Å². The van der Waals surface area contributed by atoms with Gasteiger partial charge in [0.1, 0.15) is 0 Å². The standard InChI is InChI=1S/C10H12Cl3NO.ClH/c11-6-3-4-7(12)10(13)9(6)8(14)2-1-5-15;/h3-4,8,15H,1-2,5,14H2;1H/t8-;/m0./s1. The zero-order chi connectivity index (χ0) is 11.4. The Balaban J connectivity index is 0.00000225. The van der Waals surface area contributed by atoms with Crippen molar-refractivity contribution in [3.63, 3.8) is 0 Å². The van der Waals surface area contributed by atoms with Crippen LogP contribution in [-0.4, -0.2) is 11.7 Å². The average molecular weight is 305 g/mol. The summed E-state index contributed by atoms with van der Waals surface area (Å²) in [4.78, 5) is 0. The Morgan fingerprint density at radius 2 is 1.75 bits per heavy atom. The summed E-state index contributed by atoms with van der Waals surface area (Å²) in [6.45, 7) is 0.101. The average Bonchev–Trinajstić information content (AvgIpc) is 2.21. The largest absolute Gasteiger partial charge is 0.396 e. The molecule has 0 aliphatic carbocycles. The van der Waals surface area contributed by atoms with Crippen LogP contribution in [0.1, 0.15) is 24.4 Å².